The van der Waals surface area contributed by atoms with Crippen molar-refractivity contribution >= 4 is 0 Å². The van der Waals surface area contributed by atoms with Gasteiger partial charge in [-0.25, -0.2) is 0 Å². The van der Waals surface area contributed by atoms with E-state index in [-0.39, 0.29) is 0 Å². The summed E-state index contributed by atoms with van der Waals surface area (Å²) in [6.07, 6.45) is 0. The first-order chi connectivity index (χ1) is 8.19. The molecule has 88 valence electrons. The third-order valence-electron chi connectivity index (χ3n) is 2.74. The van der Waals surface area contributed by atoms with Gasteiger partial charge in [-0.05, 0) is 43.2 Å². The van der Waals surface area contributed by atoms with Gasteiger partial charge < -0.3 is 10.5 Å². The van der Waals surface area contributed by atoms with Crippen LogP contribution < -0.4 is 10.5 Å². The summed E-state index contributed by atoms with van der Waals surface area (Å²) in [7, 11) is 0. The van der Waals surface area contributed by atoms with Gasteiger partial charge in [0, 0.05) is 6.54 Å². The van der Waals surface area contributed by atoms with Crippen molar-refractivity contribution in [1.82, 2.24) is 0 Å². The van der Waals surface area contributed by atoms with E-state index in [1.807, 2.05) is 49.4 Å². The van der Waals surface area contributed by atoms with Gasteiger partial charge in [-0.2, -0.15) is 0 Å². The quantitative estimate of drug-likeness (QED) is 0.870. The number of benzene rings is 2. The molecule has 2 aromatic carbocycles. The molecule has 2 rings (SSSR count). The van der Waals surface area contributed by atoms with Crippen LogP contribution in [0.2, 0.25) is 0 Å². The summed E-state index contributed by atoms with van der Waals surface area (Å²) in [6, 6.07) is 14.1. The lowest BCUT2D eigenvalue weighted by atomic mass is 10.1. The fourth-order valence-corrected chi connectivity index (χ4v) is 1.61. The highest BCUT2D eigenvalue weighted by atomic mass is 16.5. The molecule has 0 aliphatic carbocycles. The molecule has 0 heterocycles. The maximum Gasteiger partial charge on any atom is 0.130 e. The predicted molar refractivity (Wildman–Crippen MR) is 70.3 cm³/mol. The average molecular weight is 227 g/mol. The number of ether oxygens (including phenoxy) is 1. The van der Waals surface area contributed by atoms with Crippen LogP contribution in [0.4, 0.5) is 0 Å². The Bertz CT molecular complexity index is 503. The Hall–Kier alpha value is -1.80. The van der Waals surface area contributed by atoms with Crippen molar-refractivity contribution in [3.8, 4) is 11.5 Å². The lowest BCUT2D eigenvalue weighted by Crippen LogP contribution is -1.97. The maximum absolute atomic E-state index is 5.85. The van der Waals surface area contributed by atoms with E-state index < -0.39 is 0 Å². The molecule has 2 heteroatoms. The monoisotopic (exact) mass is 227 g/mol. The van der Waals surface area contributed by atoms with Crippen LogP contribution >= 0.6 is 0 Å². The molecule has 0 radical (unpaired) electrons. The van der Waals surface area contributed by atoms with Crippen molar-refractivity contribution in [1.29, 1.82) is 0 Å². The first-order valence-electron chi connectivity index (χ1n) is 5.73. The number of hydrogen-bond acceptors (Lipinski definition) is 2. The van der Waals surface area contributed by atoms with E-state index in [1.54, 1.807) is 0 Å². The van der Waals surface area contributed by atoms with Crippen LogP contribution in [-0.2, 0) is 6.54 Å². The van der Waals surface area contributed by atoms with Crippen molar-refractivity contribution < 1.29 is 4.74 Å². The molecule has 2 aromatic rings. The second-order valence-corrected chi connectivity index (χ2v) is 4.22. The standard InChI is InChI=1S/C15H17NO/c1-11-3-7-14(8-4-11)17-15-9-13(10-16)6-5-12(15)2/h3-9H,10,16H2,1-2H3. The summed E-state index contributed by atoms with van der Waals surface area (Å²) in [5.41, 5.74) is 9.05. The minimum absolute atomic E-state index is 0.532. The minimum atomic E-state index is 0.532. The topological polar surface area (TPSA) is 35.2 Å². The second-order valence-electron chi connectivity index (χ2n) is 4.22. The largest absolute Gasteiger partial charge is 0.457 e. The fraction of sp³-hybridized carbons (Fsp3) is 0.200. The van der Waals surface area contributed by atoms with E-state index in [1.165, 1.54) is 5.56 Å². The molecule has 0 aliphatic rings. The van der Waals surface area contributed by atoms with E-state index >= 15 is 0 Å². The molecular weight excluding hydrogens is 210 g/mol. The summed E-state index contributed by atoms with van der Waals surface area (Å²) in [4.78, 5) is 0. The van der Waals surface area contributed by atoms with E-state index in [0.717, 1.165) is 22.6 Å². The first-order valence-corrected chi connectivity index (χ1v) is 5.73. The third-order valence-corrected chi connectivity index (χ3v) is 2.74. The van der Waals surface area contributed by atoms with E-state index in [2.05, 4.69) is 6.92 Å². The van der Waals surface area contributed by atoms with Gasteiger partial charge in [-0.15, -0.1) is 0 Å². The van der Waals surface area contributed by atoms with E-state index in [4.69, 9.17) is 10.5 Å². The Labute approximate surface area is 102 Å². The van der Waals surface area contributed by atoms with Gasteiger partial charge in [-0.1, -0.05) is 29.8 Å². The molecule has 0 spiro atoms. The Morgan fingerprint density at radius 1 is 1.00 bits per heavy atom. The SMILES string of the molecule is Cc1ccc(Oc2cc(CN)ccc2C)cc1. The molecule has 0 bridgehead atoms. The number of aryl methyl sites for hydroxylation is 2. The van der Waals surface area contributed by atoms with Crippen LogP contribution in [0.15, 0.2) is 42.5 Å². The van der Waals surface area contributed by atoms with Crippen LogP contribution in [0.3, 0.4) is 0 Å². The zero-order valence-corrected chi connectivity index (χ0v) is 10.2. The van der Waals surface area contributed by atoms with Crippen molar-refractivity contribution in [2.75, 3.05) is 0 Å². The van der Waals surface area contributed by atoms with Gasteiger partial charge in [0.2, 0.25) is 0 Å². The molecule has 2 nitrogen and oxygen atoms in total. The van der Waals surface area contributed by atoms with Gasteiger partial charge in [0.1, 0.15) is 11.5 Å². The number of hydrogen-bond donors (Lipinski definition) is 1. The van der Waals surface area contributed by atoms with Gasteiger partial charge in [0.25, 0.3) is 0 Å². The molecule has 0 aliphatic heterocycles. The highest BCUT2D eigenvalue weighted by Gasteiger charge is 2.02. The molecular formula is C15H17NO. The van der Waals surface area contributed by atoms with E-state index in [0.29, 0.717) is 6.54 Å². The molecule has 2 N–H and O–H groups in total. The molecule has 0 unspecified atom stereocenters. The van der Waals surface area contributed by atoms with Crippen molar-refractivity contribution in [3.63, 3.8) is 0 Å². The van der Waals surface area contributed by atoms with Gasteiger partial charge in [0.05, 0.1) is 0 Å². The fourth-order valence-electron chi connectivity index (χ4n) is 1.61. The Kier molecular flexibility index (Phi) is 3.45. The van der Waals surface area contributed by atoms with Gasteiger partial charge in [-0.3, -0.25) is 0 Å². The molecule has 0 saturated carbocycles. The normalized spacial score (nSPS) is 10.3. The Balaban J connectivity index is 2.25. The molecule has 17 heavy (non-hydrogen) atoms. The van der Waals surface area contributed by atoms with Crippen LogP contribution in [0, 0.1) is 13.8 Å². The predicted octanol–water partition coefficient (Wildman–Crippen LogP) is 3.55. The van der Waals surface area contributed by atoms with Crippen LogP contribution in [0.25, 0.3) is 0 Å². The van der Waals surface area contributed by atoms with Crippen LogP contribution in [0.5, 0.6) is 11.5 Å². The van der Waals surface area contributed by atoms with Crippen molar-refractivity contribution in [2.45, 2.75) is 20.4 Å². The summed E-state index contributed by atoms with van der Waals surface area (Å²) in [6.45, 7) is 4.62. The first kappa shape index (κ1) is 11.7. The zero-order valence-electron chi connectivity index (χ0n) is 10.2. The van der Waals surface area contributed by atoms with Crippen molar-refractivity contribution in [2.24, 2.45) is 5.73 Å². The van der Waals surface area contributed by atoms with Gasteiger partial charge in [0.15, 0.2) is 0 Å². The molecule has 0 fully saturated rings. The second kappa shape index (κ2) is 5.02. The molecule has 0 amide bonds. The Morgan fingerprint density at radius 3 is 2.35 bits per heavy atom. The maximum atomic E-state index is 5.85. The lowest BCUT2D eigenvalue weighted by molar-refractivity contribution is 0.478. The number of rotatable bonds is 3. The molecule has 0 aromatic heterocycles. The molecule has 0 saturated heterocycles. The lowest BCUT2D eigenvalue weighted by Gasteiger charge is -2.10. The summed E-state index contributed by atoms with van der Waals surface area (Å²) in [5.74, 6) is 1.73. The zero-order chi connectivity index (χ0) is 12.3. The Morgan fingerprint density at radius 2 is 1.71 bits per heavy atom. The highest BCUT2D eigenvalue weighted by Crippen LogP contribution is 2.26. The summed E-state index contributed by atoms with van der Waals surface area (Å²) >= 11 is 0. The van der Waals surface area contributed by atoms with Crippen LogP contribution in [0.1, 0.15) is 16.7 Å². The highest BCUT2D eigenvalue weighted by molar-refractivity contribution is 5.40. The average Bonchev–Trinajstić information content (AvgIpc) is 2.35. The smallest absolute Gasteiger partial charge is 0.130 e. The van der Waals surface area contributed by atoms with Gasteiger partial charge >= 0.3 is 0 Å². The van der Waals surface area contributed by atoms with Crippen molar-refractivity contribution in [3.05, 3.63) is 59.2 Å². The number of nitrogens with two attached hydrogens (primary N) is 1. The van der Waals surface area contributed by atoms with E-state index in [9.17, 15) is 0 Å². The summed E-state index contributed by atoms with van der Waals surface area (Å²) in [5, 5.41) is 0. The minimum Gasteiger partial charge on any atom is -0.457 e. The third kappa shape index (κ3) is 2.86. The molecule has 0 atom stereocenters. The summed E-state index contributed by atoms with van der Waals surface area (Å²) < 4.78 is 5.85. The van der Waals surface area contributed by atoms with Crippen LogP contribution in [-0.4, -0.2) is 0 Å².